The van der Waals surface area contributed by atoms with Gasteiger partial charge >= 0.3 is 6.18 Å². The number of aliphatic hydroxyl groups is 1. The molecule has 2 nitrogen and oxygen atoms in total. The lowest BCUT2D eigenvalue weighted by molar-refractivity contribution is -0.138. The number of halogens is 4. The molecule has 1 aromatic rings. The summed E-state index contributed by atoms with van der Waals surface area (Å²) in [5, 5.41) is 18.0. The van der Waals surface area contributed by atoms with Gasteiger partial charge in [0, 0.05) is 6.42 Å². The molecule has 19 heavy (non-hydrogen) atoms. The Balaban J connectivity index is 3.26. The van der Waals surface area contributed by atoms with Crippen LogP contribution in [0.1, 0.15) is 36.8 Å². The molecule has 0 aliphatic carbocycles. The summed E-state index contributed by atoms with van der Waals surface area (Å²) in [5.74, 6) is -1.76. The lowest BCUT2D eigenvalue weighted by atomic mass is 9.87. The van der Waals surface area contributed by atoms with Gasteiger partial charge in [0.1, 0.15) is 5.82 Å². The maximum absolute atomic E-state index is 13.0. The highest BCUT2D eigenvalue weighted by molar-refractivity contribution is 5.34. The Bertz CT molecular complexity index is 477. The van der Waals surface area contributed by atoms with Crippen LogP contribution in [0.2, 0.25) is 0 Å². The highest BCUT2D eigenvalue weighted by Crippen LogP contribution is 2.38. The second-order valence-corrected chi connectivity index (χ2v) is 4.37. The molecule has 0 heterocycles. The quantitative estimate of drug-likeness (QED) is 0.853. The minimum Gasteiger partial charge on any atom is -0.393 e. The van der Waals surface area contributed by atoms with Crippen LogP contribution in [0.25, 0.3) is 0 Å². The zero-order valence-electron chi connectivity index (χ0n) is 10.2. The molecule has 0 spiro atoms. The molecule has 0 saturated heterocycles. The van der Waals surface area contributed by atoms with E-state index in [9.17, 15) is 22.7 Å². The van der Waals surface area contributed by atoms with Crippen molar-refractivity contribution in [3.05, 3.63) is 35.1 Å². The van der Waals surface area contributed by atoms with E-state index < -0.39 is 29.6 Å². The normalized spacial score (nSPS) is 14.8. The summed E-state index contributed by atoms with van der Waals surface area (Å²) in [7, 11) is 0. The van der Waals surface area contributed by atoms with Crippen LogP contribution in [0.5, 0.6) is 0 Å². The van der Waals surface area contributed by atoms with Crippen molar-refractivity contribution in [3.63, 3.8) is 0 Å². The van der Waals surface area contributed by atoms with Gasteiger partial charge in [-0.15, -0.1) is 0 Å². The smallest absolute Gasteiger partial charge is 0.393 e. The predicted octanol–water partition coefficient (Wildman–Crippen LogP) is 3.61. The molecule has 2 atom stereocenters. The molecular formula is C13H13F4NO. The van der Waals surface area contributed by atoms with E-state index in [0.29, 0.717) is 6.07 Å². The van der Waals surface area contributed by atoms with Crippen molar-refractivity contribution < 1.29 is 22.7 Å². The molecule has 1 aromatic carbocycles. The van der Waals surface area contributed by atoms with Gasteiger partial charge in [-0.3, -0.25) is 0 Å². The maximum atomic E-state index is 13.0. The number of benzene rings is 1. The van der Waals surface area contributed by atoms with Gasteiger partial charge in [0.25, 0.3) is 0 Å². The van der Waals surface area contributed by atoms with Gasteiger partial charge in [-0.1, -0.05) is 6.07 Å². The van der Waals surface area contributed by atoms with E-state index in [-0.39, 0.29) is 18.4 Å². The van der Waals surface area contributed by atoms with Crippen LogP contribution in [-0.2, 0) is 6.18 Å². The van der Waals surface area contributed by atoms with Gasteiger partial charge < -0.3 is 5.11 Å². The zero-order valence-corrected chi connectivity index (χ0v) is 10.2. The lowest BCUT2D eigenvalue weighted by Gasteiger charge is -2.21. The summed E-state index contributed by atoms with van der Waals surface area (Å²) in [6.07, 6.45) is -5.68. The van der Waals surface area contributed by atoms with Gasteiger partial charge in [0.15, 0.2) is 0 Å². The van der Waals surface area contributed by atoms with Gasteiger partial charge in [-0.25, -0.2) is 4.39 Å². The third-order valence-electron chi connectivity index (χ3n) is 2.72. The van der Waals surface area contributed by atoms with Crippen LogP contribution in [-0.4, -0.2) is 11.2 Å². The minimum atomic E-state index is -4.69. The fraction of sp³-hybridized carbons (Fsp3) is 0.462. The van der Waals surface area contributed by atoms with Crippen molar-refractivity contribution in [2.45, 2.75) is 38.0 Å². The standard InChI is InChI=1S/C13H13F4NO/c1-8(19)6-9(4-5-18)11-3-2-10(14)7-12(11)13(15,16)17/h2-3,7-9,19H,4,6H2,1H3/t8?,9-/m0/s1. The topological polar surface area (TPSA) is 44.0 Å². The van der Waals surface area contributed by atoms with Crippen molar-refractivity contribution in [3.8, 4) is 6.07 Å². The summed E-state index contributed by atoms with van der Waals surface area (Å²) >= 11 is 0. The third kappa shape index (κ3) is 4.21. The number of hydrogen-bond acceptors (Lipinski definition) is 2. The van der Waals surface area contributed by atoms with Gasteiger partial charge in [0.2, 0.25) is 0 Å². The summed E-state index contributed by atoms with van der Waals surface area (Å²) in [5.41, 5.74) is -1.25. The Morgan fingerprint density at radius 1 is 1.37 bits per heavy atom. The van der Waals surface area contributed by atoms with Crippen LogP contribution in [0.4, 0.5) is 17.6 Å². The molecule has 0 bridgehead atoms. The zero-order chi connectivity index (χ0) is 14.6. The lowest BCUT2D eigenvalue weighted by Crippen LogP contribution is -2.15. The van der Waals surface area contributed by atoms with Crippen molar-refractivity contribution in [1.82, 2.24) is 0 Å². The fourth-order valence-electron chi connectivity index (χ4n) is 1.97. The molecule has 1 unspecified atom stereocenters. The SMILES string of the molecule is CC(O)C[C@H](CC#N)c1ccc(F)cc1C(F)(F)F. The summed E-state index contributed by atoms with van der Waals surface area (Å²) < 4.78 is 51.5. The number of rotatable bonds is 4. The molecule has 0 radical (unpaired) electrons. The van der Waals surface area contributed by atoms with Crippen LogP contribution in [0.3, 0.4) is 0 Å². The molecule has 0 saturated carbocycles. The van der Waals surface area contributed by atoms with E-state index in [1.807, 2.05) is 0 Å². The van der Waals surface area contributed by atoms with Gasteiger partial charge in [-0.05, 0) is 37.0 Å². The van der Waals surface area contributed by atoms with Gasteiger partial charge in [-0.2, -0.15) is 18.4 Å². The van der Waals surface area contributed by atoms with Crippen molar-refractivity contribution in [2.75, 3.05) is 0 Å². The Morgan fingerprint density at radius 2 is 2.00 bits per heavy atom. The van der Waals surface area contributed by atoms with E-state index in [1.54, 1.807) is 6.07 Å². The van der Waals surface area contributed by atoms with E-state index >= 15 is 0 Å². The number of aliphatic hydroxyl groups excluding tert-OH is 1. The Morgan fingerprint density at radius 3 is 2.47 bits per heavy atom. The van der Waals surface area contributed by atoms with Gasteiger partial charge in [0.05, 0.1) is 17.7 Å². The largest absolute Gasteiger partial charge is 0.416 e. The van der Waals surface area contributed by atoms with Crippen LogP contribution >= 0.6 is 0 Å². The molecule has 1 N–H and O–H groups in total. The number of nitrogens with zero attached hydrogens (tertiary/aromatic N) is 1. The van der Waals surface area contributed by atoms with E-state index in [1.165, 1.54) is 6.92 Å². The summed E-state index contributed by atoms with van der Waals surface area (Å²) in [6, 6.07) is 4.17. The van der Waals surface area contributed by atoms with E-state index in [2.05, 4.69) is 0 Å². The molecular weight excluding hydrogens is 262 g/mol. The Labute approximate surface area is 108 Å². The molecule has 0 aliphatic heterocycles. The number of hydrogen-bond donors (Lipinski definition) is 1. The Kier molecular flexibility index (Phi) is 4.90. The summed E-state index contributed by atoms with van der Waals surface area (Å²) in [4.78, 5) is 0. The van der Waals surface area contributed by atoms with Crippen LogP contribution < -0.4 is 0 Å². The minimum absolute atomic E-state index is 0.0161. The molecule has 0 aliphatic rings. The van der Waals surface area contributed by atoms with Crippen LogP contribution in [0, 0.1) is 17.1 Å². The van der Waals surface area contributed by atoms with Crippen LogP contribution in [0.15, 0.2) is 18.2 Å². The molecule has 1 rings (SSSR count). The molecule has 0 amide bonds. The van der Waals surface area contributed by atoms with E-state index in [0.717, 1.165) is 12.1 Å². The molecule has 6 heteroatoms. The first-order valence-corrected chi connectivity index (χ1v) is 5.67. The molecule has 0 aromatic heterocycles. The average molecular weight is 275 g/mol. The summed E-state index contributed by atoms with van der Waals surface area (Å²) in [6.45, 7) is 1.43. The Hall–Kier alpha value is -1.61. The first-order chi connectivity index (χ1) is 8.75. The molecule has 104 valence electrons. The maximum Gasteiger partial charge on any atom is 0.416 e. The first-order valence-electron chi connectivity index (χ1n) is 5.67. The average Bonchev–Trinajstić information content (AvgIpc) is 2.26. The van der Waals surface area contributed by atoms with Crippen molar-refractivity contribution in [2.24, 2.45) is 0 Å². The number of nitriles is 1. The van der Waals surface area contributed by atoms with Crippen molar-refractivity contribution >= 4 is 0 Å². The second kappa shape index (κ2) is 6.02. The third-order valence-corrected chi connectivity index (χ3v) is 2.72. The predicted molar refractivity (Wildman–Crippen MR) is 60.7 cm³/mol. The highest BCUT2D eigenvalue weighted by atomic mass is 19.4. The van der Waals surface area contributed by atoms with E-state index in [4.69, 9.17) is 5.26 Å². The monoisotopic (exact) mass is 275 g/mol. The first kappa shape index (κ1) is 15.4. The fourth-order valence-corrected chi connectivity index (χ4v) is 1.97. The highest BCUT2D eigenvalue weighted by Gasteiger charge is 2.35. The second-order valence-electron chi connectivity index (χ2n) is 4.37. The van der Waals surface area contributed by atoms with Crippen molar-refractivity contribution in [1.29, 1.82) is 5.26 Å². The number of alkyl halides is 3. The molecule has 0 fully saturated rings.